The van der Waals surface area contributed by atoms with Crippen LogP contribution < -0.4 is 5.32 Å². The molecule has 3 rings (SSSR count). The monoisotopic (exact) mass is 331 g/mol. The number of rotatable bonds is 5. The minimum atomic E-state index is -0.294. The molecule has 1 aromatic carbocycles. The Morgan fingerprint density at radius 3 is 2.79 bits per heavy atom. The molecule has 0 bridgehead atoms. The zero-order valence-corrected chi connectivity index (χ0v) is 13.8. The van der Waals surface area contributed by atoms with E-state index in [1.54, 1.807) is 13.1 Å². The second-order valence-corrected chi connectivity index (χ2v) is 6.58. The van der Waals surface area contributed by atoms with Gasteiger partial charge in [-0.15, -0.1) is 0 Å². The van der Waals surface area contributed by atoms with Crippen molar-refractivity contribution >= 4 is 17.5 Å². The van der Waals surface area contributed by atoms with Gasteiger partial charge in [0.15, 0.2) is 0 Å². The summed E-state index contributed by atoms with van der Waals surface area (Å²) < 4.78 is 13.6. The summed E-state index contributed by atoms with van der Waals surface area (Å²) in [5, 5.41) is 8.39. The van der Waals surface area contributed by atoms with E-state index in [0.29, 0.717) is 11.6 Å². The molecule has 1 saturated carbocycles. The molecule has 1 aromatic rings. The van der Waals surface area contributed by atoms with Crippen LogP contribution in [0.3, 0.4) is 0 Å². The standard InChI is InChI=1S/C18H22FN3O2/c1-22-17(24)11-15(21-22)10-16(23)20-18(12-5-2-3-6-12)13-7-4-8-14(19)9-13/h4,7-9,12,18H,2-3,5-6,10-11H2,1H3,(H,20,23)/t18-/m0/s1. The Hall–Kier alpha value is -2.24. The summed E-state index contributed by atoms with van der Waals surface area (Å²) in [6.45, 7) is 0. The Balaban J connectivity index is 1.71. The number of hydrogen-bond donors (Lipinski definition) is 1. The van der Waals surface area contributed by atoms with E-state index in [9.17, 15) is 14.0 Å². The molecule has 0 radical (unpaired) electrons. The lowest BCUT2D eigenvalue weighted by Crippen LogP contribution is -2.33. The molecule has 128 valence electrons. The Morgan fingerprint density at radius 2 is 2.17 bits per heavy atom. The molecule has 24 heavy (non-hydrogen) atoms. The van der Waals surface area contributed by atoms with Crippen LogP contribution in [0, 0.1) is 11.7 Å². The van der Waals surface area contributed by atoms with E-state index < -0.39 is 0 Å². The van der Waals surface area contributed by atoms with Crippen molar-refractivity contribution in [1.29, 1.82) is 0 Å². The zero-order valence-electron chi connectivity index (χ0n) is 13.8. The van der Waals surface area contributed by atoms with Crippen LogP contribution in [-0.4, -0.2) is 29.6 Å². The van der Waals surface area contributed by atoms with E-state index in [-0.39, 0.29) is 36.5 Å². The molecular formula is C18H22FN3O2. The summed E-state index contributed by atoms with van der Waals surface area (Å²) in [5.41, 5.74) is 1.38. The molecule has 2 amide bonds. The maximum Gasteiger partial charge on any atom is 0.248 e. The predicted octanol–water partition coefficient (Wildman–Crippen LogP) is 2.78. The summed E-state index contributed by atoms with van der Waals surface area (Å²) >= 11 is 0. The van der Waals surface area contributed by atoms with Gasteiger partial charge in [-0.2, -0.15) is 5.10 Å². The highest BCUT2D eigenvalue weighted by Crippen LogP contribution is 2.36. The summed E-state index contributed by atoms with van der Waals surface area (Å²) in [5.74, 6) is -0.240. The number of carbonyl (C=O) groups is 2. The number of nitrogens with zero attached hydrogens (tertiary/aromatic N) is 2. The molecule has 0 spiro atoms. The minimum absolute atomic E-state index is 0.102. The van der Waals surface area contributed by atoms with Gasteiger partial charge in [-0.1, -0.05) is 25.0 Å². The van der Waals surface area contributed by atoms with Crippen molar-refractivity contribution in [2.45, 2.75) is 44.6 Å². The Labute approximate surface area is 140 Å². The minimum Gasteiger partial charge on any atom is -0.349 e. The first kappa shape index (κ1) is 16.6. The third-order valence-corrected chi connectivity index (χ3v) is 4.77. The van der Waals surface area contributed by atoms with Crippen molar-refractivity contribution in [3.63, 3.8) is 0 Å². The van der Waals surface area contributed by atoms with Gasteiger partial charge in [-0.25, -0.2) is 9.40 Å². The van der Waals surface area contributed by atoms with Gasteiger partial charge in [-0.05, 0) is 36.5 Å². The average Bonchev–Trinajstić information content (AvgIpc) is 3.16. The summed E-state index contributed by atoms with van der Waals surface area (Å²) in [6, 6.07) is 6.25. The first-order valence-electron chi connectivity index (χ1n) is 8.40. The molecule has 1 aliphatic heterocycles. The lowest BCUT2D eigenvalue weighted by atomic mass is 9.91. The van der Waals surface area contributed by atoms with Crippen molar-refractivity contribution in [1.82, 2.24) is 10.3 Å². The van der Waals surface area contributed by atoms with Crippen LogP contribution in [0.2, 0.25) is 0 Å². The Kier molecular flexibility index (Phi) is 4.92. The molecule has 1 N–H and O–H groups in total. The van der Waals surface area contributed by atoms with Gasteiger partial charge in [0.2, 0.25) is 11.8 Å². The molecule has 2 aliphatic rings. The van der Waals surface area contributed by atoms with Crippen LogP contribution >= 0.6 is 0 Å². The number of benzene rings is 1. The van der Waals surface area contributed by atoms with Gasteiger partial charge in [0.05, 0.1) is 24.6 Å². The van der Waals surface area contributed by atoms with Crippen molar-refractivity contribution in [2.24, 2.45) is 11.0 Å². The third kappa shape index (κ3) is 3.80. The zero-order chi connectivity index (χ0) is 17.1. The van der Waals surface area contributed by atoms with Crippen LogP contribution in [0.4, 0.5) is 4.39 Å². The van der Waals surface area contributed by atoms with E-state index in [2.05, 4.69) is 10.4 Å². The quantitative estimate of drug-likeness (QED) is 0.902. The van der Waals surface area contributed by atoms with Crippen LogP contribution in [0.5, 0.6) is 0 Å². The average molecular weight is 331 g/mol. The van der Waals surface area contributed by atoms with Crippen molar-refractivity contribution < 1.29 is 14.0 Å². The Morgan fingerprint density at radius 1 is 1.42 bits per heavy atom. The number of halogens is 1. The van der Waals surface area contributed by atoms with Gasteiger partial charge in [-0.3, -0.25) is 9.59 Å². The molecule has 1 fully saturated rings. The van der Waals surface area contributed by atoms with Gasteiger partial charge >= 0.3 is 0 Å². The molecule has 6 heteroatoms. The summed E-state index contributed by atoms with van der Waals surface area (Å²) in [7, 11) is 1.58. The molecule has 5 nitrogen and oxygen atoms in total. The van der Waals surface area contributed by atoms with Crippen LogP contribution in [0.1, 0.15) is 50.1 Å². The van der Waals surface area contributed by atoms with E-state index in [1.165, 1.54) is 17.1 Å². The van der Waals surface area contributed by atoms with Gasteiger partial charge in [0, 0.05) is 7.05 Å². The van der Waals surface area contributed by atoms with Crippen molar-refractivity contribution in [3.05, 3.63) is 35.6 Å². The Bertz CT molecular complexity index is 668. The highest BCUT2D eigenvalue weighted by Gasteiger charge is 2.29. The lowest BCUT2D eigenvalue weighted by molar-refractivity contribution is -0.127. The molecule has 1 heterocycles. The maximum absolute atomic E-state index is 13.6. The number of carbonyl (C=O) groups excluding carboxylic acids is 2. The maximum atomic E-state index is 13.6. The molecule has 0 aromatic heterocycles. The first-order chi connectivity index (χ1) is 11.5. The van der Waals surface area contributed by atoms with Gasteiger partial charge in [0.1, 0.15) is 5.82 Å². The second kappa shape index (κ2) is 7.11. The normalized spacial score (nSPS) is 19.5. The lowest BCUT2D eigenvalue weighted by Gasteiger charge is -2.25. The summed E-state index contributed by atoms with van der Waals surface area (Å²) in [4.78, 5) is 23.9. The largest absolute Gasteiger partial charge is 0.349 e. The van der Waals surface area contributed by atoms with E-state index in [0.717, 1.165) is 31.2 Å². The van der Waals surface area contributed by atoms with Crippen LogP contribution in [0.25, 0.3) is 0 Å². The smallest absolute Gasteiger partial charge is 0.248 e. The van der Waals surface area contributed by atoms with Gasteiger partial charge in [0.25, 0.3) is 0 Å². The molecule has 1 atom stereocenters. The fourth-order valence-corrected chi connectivity index (χ4v) is 3.56. The van der Waals surface area contributed by atoms with Crippen molar-refractivity contribution in [2.75, 3.05) is 7.05 Å². The van der Waals surface area contributed by atoms with E-state index in [1.807, 2.05) is 6.07 Å². The fraction of sp³-hybridized carbons (Fsp3) is 0.500. The first-order valence-corrected chi connectivity index (χ1v) is 8.40. The number of amides is 2. The van der Waals surface area contributed by atoms with Crippen LogP contribution in [0.15, 0.2) is 29.4 Å². The fourth-order valence-electron chi connectivity index (χ4n) is 3.56. The second-order valence-electron chi connectivity index (χ2n) is 6.58. The highest BCUT2D eigenvalue weighted by atomic mass is 19.1. The third-order valence-electron chi connectivity index (χ3n) is 4.77. The van der Waals surface area contributed by atoms with Crippen molar-refractivity contribution in [3.8, 4) is 0 Å². The van der Waals surface area contributed by atoms with Crippen LogP contribution in [-0.2, 0) is 9.59 Å². The van der Waals surface area contributed by atoms with Gasteiger partial charge < -0.3 is 5.32 Å². The number of hydrogen-bond acceptors (Lipinski definition) is 3. The highest BCUT2D eigenvalue weighted by molar-refractivity contribution is 6.11. The molecular weight excluding hydrogens is 309 g/mol. The SMILES string of the molecule is CN1N=C(CC(=O)N[C@H](c2cccc(F)c2)C2CCCC2)CC1=O. The molecule has 0 unspecified atom stereocenters. The molecule has 0 saturated heterocycles. The topological polar surface area (TPSA) is 61.8 Å². The van der Waals surface area contributed by atoms with E-state index >= 15 is 0 Å². The number of hydrazone groups is 1. The molecule has 1 aliphatic carbocycles. The number of nitrogens with one attached hydrogen (secondary N) is 1. The van der Waals surface area contributed by atoms with E-state index in [4.69, 9.17) is 0 Å². The summed E-state index contributed by atoms with van der Waals surface area (Å²) in [6.07, 6.45) is 4.64. The predicted molar refractivity (Wildman–Crippen MR) is 88.7 cm³/mol.